The lowest BCUT2D eigenvalue weighted by Gasteiger charge is -2.29. The van der Waals surface area contributed by atoms with E-state index in [0.29, 0.717) is 19.7 Å². The number of benzene rings is 2. The number of ether oxygens (including phenoxy) is 1. The lowest BCUT2D eigenvalue weighted by molar-refractivity contribution is 0.243. The number of nitrogens with one attached hydrogen (secondary N) is 1. The first-order valence-electron chi connectivity index (χ1n) is 9.39. The number of carbonyl (C=O) groups is 1. The fourth-order valence-corrected chi connectivity index (χ4v) is 3.27. The van der Waals surface area contributed by atoms with Crippen molar-refractivity contribution >= 4 is 17.4 Å². The Morgan fingerprint density at radius 2 is 2.00 bits per heavy atom. The second-order valence-corrected chi connectivity index (χ2v) is 6.69. The van der Waals surface area contributed by atoms with Crippen LogP contribution < -0.4 is 19.9 Å². The molecule has 6 heteroatoms. The number of carbonyl (C=O) groups excluding carboxylic acids is 1. The molecule has 1 aliphatic heterocycles. The van der Waals surface area contributed by atoms with Gasteiger partial charge in [0.2, 0.25) is 0 Å². The number of halogens is 1. The van der Waals surface area contributed by atoms with E-state index in [1.165, 1.54) is 12.1 Å². The fourth-order valence-electron chi connectivity index (χ4n) is 3.27. The van der Waals surface area contributed by atoms with E-state index in [-0.39, 0.29) is 17.9 Å². The molecule has 27 heavy (non-hydrogen) atoms. The van der Waals surface area contributed by atoms with Crippen LogP contribution in [0.2, 0.25) is 0 Å². The maximum absolute atomic E-state index is 13.2. The Morgan fingerprint density at radius 1 is 1.26 bits per heavy atom. The van der Waals surface area contributed by atoms with E-state index in [2.05, 4.69) is 10.2 Å². The molecule has 0 saturated carbocycles. The first kappa shape index (κ1) is 19.0. The third kappa shape index (κ3) is 4.70. The summed E-state index contributed by atoms with van der Waals surface area (Å²) in [5.74, 6) is 0.484. The Kier molecular flexibility index (Phi) is 6.16. The van der Waals surface area contributed by atoms with Crippen LogP contribution in [0.1, 0.15) is 20.3 Å². The zero-order valence-electron chi connectivity index (χ0n) is 15.8. The van der Waals surface area contributed by atoms with Crippen molar-refractivity contribution in [2.45, 2.75) is 26.3 Å². The van der Waals surface area contributed by atoms with Crippen LogP contribution in [0.5, 0.6) is 5.75 Å². The van der Waals surface area contributed by atoms with Gasteiger partial charge < -0.3 is 15.0 Å². The van der Waals surface area contributed by atoms with Crippen molar-refractivity contribution in [1.82, 2.24) is 5.32 Å². The Balaban J connectivity index is 1.65. The van der Waals surface area contributed by atoms with Crippen LogP contribution in [0, 0.1) is 5.82 Å². The lowest BCUT2D eigenvalue weighted by Crippen LogP contribution is -2.48. The third-order valence-electron chi connectivity index (χ3n) is 4.62. The number of para-hydroxylation sites is 2. The van der Waals surface area contributed by atoms with Crippen LogP contribution >= 0.6 is 0 Å². The predicted octanol–water partition coefficient (Wildman–Crippen LogP) is 4.04. The number of hydrogen-bond acceptors (Lipinski definition) is 3. The van der Waals surface area contributed by atoms with Crippen molar-refractivity contribution < 1.29 is 13.9 Å². The van der Waals surface area contributed by atoms with E-state index in [1.807, 2.05) is 38.1 Å². The van der Waals surface area contributed by atoms with Gasteiger partial charge in [0.25, 0.3) is 0 Å². The van der Waals surface area contributed by atoms with Crippen molar-refractivity contribution in [3.8, 4) is 5.75 Å². The summed E-state index contributed by atoms with van der Waals surface area (Å²) in [5, 5.41) is 3.08. The highest BCUT2D eigenvalue weighted by molar-refractivity contribution is 5.93. The molecule has 0 spiro atoms. The molecule has 2 aromatic rings. The fraction of sp³-hybridized carbons (Fsp3) is 0.381. The van der Waals surface area contributed by atoms with E-state index in [4.69, 9.17) is 4.74 Å². The van der Waals surface area contributed by atoms with E-state index in [9.17, 15) is 9.18 Å². The van der Waals surface area contributed by atoms with Crippen LogP contribution in [0.15, 0.2) is 48.5 Å². The summed E-state index contributed by atoms with van der Waals surface area (Å²) >= 11 is 0. The number of amides is 2. The van der Waals surface area contributed by atoms with Crippen LogP contribution in [-0.4, -0.2) is 38.3 Å². The molecule has 2 amide bonds. The first-order chi connectivity index (χ1) is 13.1. The Hall–Kier alpha value is -2.76. The monoisotopic (exact) mass is 371 g/mol. The van der Waals surface area contributed by atoms with Gasteiger partial charge in [-0.1, -0.05) is 12.1 Å². The molecule has 1 N–H and O–H groups in total. The zero-order valence-corrected chi connectivity index (χ0v) is 15.8. The van der Waals surface area contributed by atoms with Crippen molar-refractivity contribution in [2.24, 2.45) is 0 Å². The summed E-state index contributed by atoms with van der Waals surface area (Å²) in [5.41, 5.74) is 1.74. The van der Waals surface area contributed by atoms with Gasteiger partial charge in [-0.2, -0.15) is 0 Å². The smallest absolute Gasteiger partial charge is 0.322 e. The summed E-state index contributed by atoms with van der Waals surface area (Å²) < 4.78 is 18.9. The van der Waals surface area contributed by atoms with Crippen LogP contribution in [0.3, 0.4) is 0 Å². The average molecular weight is 371 g/mol. The van der Waals surface area contributed by atoms with Crippen molar-refractivity contribution in [3.05, 3.63) is 54.3 Å². The number of fused-ring (bicyclic) bond motifs is 1. The van der Waals surface area contributed by atoms with Gasteiger partial charge in [0.1, 0.15) is 11.6 Å². The maximum atomic E-state index is 13.2. The number of hydrogen-bond donors (Lipinski definition) is 1. The molecule has 1 aliphatic rings. The third-order valence-corrected chi connectivity index (χ3v) is 4.62. The molecule has 0 radical (unpaired) electrons. The average Bonchev–Trinajstić information content (AvgIpc) is 2.89. The minimum Gasteiger partial charge on any atom is -0.491 e. The van der Waals surface area contributed by atoms with Crippen LogP contribution in [-0.2, 0) is 0 Å². The predicted molar refractivity (Wildman–Crippen MR) is 106 cm³/mol. The van der Waals surface area contributed by atoms with E-state index in [0.717, 1.165) is 30.1 Å². The highest BCUT2D eigenvalue weighted by atomic mass is 19.1. The van der Waals surface area contributed by atoms with Crippen LogP contribution in [0.25, 0.3) is 0 Å². The topological polar surface area (TPSA) is 44.8 Å². The van der Waals surface area contributed by atoms with Gasteiger partial charge in [0.15, 0.2) is 0 Å². The molecule has 144 valence electrons. The number of urea groups is 1. The molecule has 0 aliphatic carbocycles. The molecule has 1 unspecified atom stereocenters. The Morgan fingerprint density at radius 3 is 2.74 bits per heavy atom. The minimum absolute atomic E-state index is 0.0705. The Labute approximate surface area is 159 Å². The van der Waals surface area contributed by atoms with Crippen molar-refractivity contribution in [2.75, 3.05) is 36.0 Å². The van der Waals surface area contributed by atoms with E-state index in [1.54, 1.807) is 17.0 Å². The standard InChI is InChI=1S/C21H26FN3O2/c1-3-24(18-11-9-17(22)10-12-18)15-16(2)23-21(26)25-13-6-14-27-20-8-5-4-7-19(20)25/h4-5,7-12,16H,3,6,13-15H2,1-2H3,(H,23,26). The minimum atomic E-state index is -0.252. The highest BCUT2D eigenvalue weighted by Gasteiger charge is 2.23. The molecule has 0 aromatic heterocycles. The van der Waals surface area contributed by atoms with Gasteiger partial charge in [-0.25, -0.2) is 9.18 Å². The molecular formula is C21H26FN3O2. The van der Waals surface area contributed by atoms with Crippen LogP contribution in [0.4, 0.5) is 20.6 Å². The van der Waals surface area contributed by atoms with Gasteiger partial charge >= 0.3 is 6.03 Å². The molecule has 0 fully saturated rings. The van der Waals surface area contributed by atoms with Crippen molar-refractivity contribution in [1.29, 1.82) is 0 Å². The second kappa shape index (κ2) is 8.75. The summed E-state index contributed by atoms with van der Waals surface area (Å²) in [6.45, 7) is 6.65. The molecule has 1 atom stereocenters. The SMILES string of the molecule is CCN(CC(C)NC(=O)N1CCCOc2ccccc21)c1ccc(F)cc1. The van der Waals surface area contributed by atoms with Gasteiger partial charge in [0.05, 0.1) is 12.3 Å². The summed E-state index contributed by atoms with van der Waals surface area (Å²) in [4.78, 5) is 16.7. The molecule has 5 nitrogen and oxygen atoms in total. The van der Waals surface area contributed by atoms with Gasteiger partial charge in [0, 0.05) is 31.4 Å². The highest BCUT2D eigenvalue weighted by Crippen LogP contribution is 2.30. The molecular weight excluding hydrogens is 345 g/mol. The lowest BCUT2D eigenvalue weighted by atomic mass is 10.2. The second-order valence-electron chi connectivity index (χ2n) is 6.69. The molecule has 1 heterocycles. The summed E-state index contributed by atoms with van der Waals surface area (Å²) in [6.07, 6.45) is 0.785. The quantitative estimate of drug-likeness (QED) is 0.863. The molecule has 2 aromatic carbocycles. The Bertz CT molecular complexity index is 766. The van der Waals surface area contributed by atoms with Gasteiger partial charge in [-0.15, -0.1) is 0 Å². The molecule has 0 saturated heterocycles. The number of nitrogens with zero attached hydrogens (tertiary/aromatic N) is 2. The van der Waals surface area contributed by atoms with E-state index < -0.39 is 0 Å². The summed E-state index contributed by atoms with van der Waals surface area (Å²) in [7, 11) is 0. The van der Waals surface area contributed by atoms with E-state index >= 15 is 0 Å². The van der Waals surface area contributed by atoms with Gasteiger partial charge in [-0.3, -0.25) is 4.90 Å². The number of likely N-dealkylation sites (N-methyl/N-ethyl adjacent to an activating group) is 1. The molecule has 3 rings (SSSR count). The zero-order chi connectivity index (χ0) is 19.2. The molecule has 0 bridgehead atoms. The summed E-state index contributed by atoms with van der Waals surface area (Å²) in [6, 6.07) is 13.8. The first-order valence-corrected chi connectivity index (χ1v) is 9.39. The van der Waals surface area contributed by atoms with Gasteiger partial charge in [-0.05, 0) is 56.7 Å². The van der Waals surface area contributed by atoms with Crippen molar-refractivity contribution in [3.63, 3.8) is 0 Å². The number of rotatable bonds is 5. The largest absolute Gasteiger partial charge is 0.491 e. The maximum Gasteiger partial charge on any atom is 0.322 e. The normalized spacial score (nSPS) is 14.6. The number of anilines is 2.